The van der Waals surface area contributed by atoms with Crippen LogP contribution < -0.4 is 5.56 Å². The lowest BCUT2D eigenvalue weighted by Crippen LogP contribution is -2.19. The fourth-order valence-electron chi connectivity index (χ4n) is 2.73. The molecule has 2 aromatic heterocycles. The highest BCUT2D eigenvalue weighted by molar-refractivity contribution is 5.66. The standard InChI is InChI=1S/C19H17FN2O2/c1-4-15-6-5-14(9-17(15)20)10-22-11-16(7-8-18(22)23)19-12(2)21-24-13(19)3/h4-9,11H,1,10H2,2-3H3. The first kappa shape index (κ1) is 15.9. The van der Waals surface area contributed by atoms with Crippen molar-refractivity contribution in [2.24, 2.45) is 0 Å². The molecular formula is C19H17FN2O2. The van der Waals surface area contributed by atoms with Crippen molar-refractivity contribution in [1.82, 2.24) is 9.72 Å². The van der Waals surface area contributed by atoms with Crippen LogP contribution in [0.3, 0.4) is 0 Å². The van der Waals surface area contributed by atoms with Crippen molar-refractivity contribution in [3.63, 3.8) is 0 Å². The van der Waals surface area contributed by atoms with E-state index in [0.717, 1.165) is 16.8 Å². The molecule has 0 bridgehead atoms. The Labute approximate surface area is 138 Å². The number of hydrogen-bond donors (Lipinski definition) is 0. The summed E-state index contributed by atoms with van der Waals surface area (Å²) in [5.74, 6) is 0.344. The molecule has 1 aromatic carbocycles. The molecule has 0 radical (unpaired) electrons. The van der Waals surface area contributed by atoms with Crippen molar-refractivity contribution in [3.8, 4) is 11.1 Å². The van der Waals surface area contributed by atoms with Gasteiger partial charge in [0.15, 0.2) is 0 Å². The molecule has 0 fully saturated rings. The third-order valence-electron chi connectivity index (χ3n) is 3.94. The second-order valence-corrected chi connectivity index (χ2v) is 5.64. The number of halogens is 1. The van der Waals surface area contributed by atoms with Gasteiger partial charge >= 0.3 is 0 Å². The van der Waals surface area contributed by atoms with Gasteiger partial charge < -0.3 is 9.09 Å². The highest BCUT2D eigenvalue weighted by Gasteiger charge is 2.12. The van der Waals surface area contributed by atoms with E-state index in [9.17, 15) is 9.18 Å². The lowest BCUT2D eigenvalue weighted by molar-refractivity contribution is 0.393. The second kappa shape index (κ2) is 6.28. The van der Waals surface area contributed by atoms with Gasteiger partial charge in [0.05, 0.1) is 12.2 Å². The highest BCUT2D eigenvalue weighted by Crippen LogP contribution is 2.25. The predicted molar refractivity (Wildman–Crippen MR) is 91.3 cm³/mol. The molecule has 122 valence electrons. The van der Waals surface area contributed by atoms with E-state index in [1.807, 2.05) is 13.8 Å². The first-order chi connectivity index (χ1) is 11.5. The summed E-state index contributed by atoms with van der Waals surface area (Å²) < 4.78 is 20.6. The first-order valence-electron chi connectivity index (χ1n) is 7.54. The van der Waals surface area contributed by atoms with Crippen LogP contribution in [0.4, 0.5) is 4.39 Å². The number of benzene rings is 1. The minimum atomic E-state index is -0.350. The smallest absolute Gasteiger partial charge is 0.250 e. The molecule has 2 heterocycles. The van der Waals surface area contributed by atoms with E-state index in [2.05, 4.69) is 11.7 Å². The average Bonchev–Trinajstić information content (AvgIpc) is 2.89. The first-order valence-corrected chi connectivity index (χ1v) is 7.54. The van der Waals surface area contributed by atoms with Gasteiger partial charge in [0.1, 0.15) is 11.6 Å². The molecule has 0 N–H and O–H groups in total. The van der Waals surface area contributed by atoms with Crippen molar-refractivity contribution in [2.75, 3.05) is 0 Å². The molecule has 0 aliphatic carbocycles. The topological polar surface area (TPSA) is 48.0 Å². The minimum absolute atomic E-state index is 0.154. The second-order valence-electron chi connectivity index (χ2n) is 5.64. The normalized spacial score (nSPS) is 10.8. The van der Waals surface area contributed by atoms with Crippen LogP contribution in [0.1, 0.15) is 22.6 Å². The minimum Gasteiger partial charge on any atom is -0.361 e. The molecule has 0 atom stereocenters. The lowest BCUT2D eigenvalue weighted by Gasteiger charge is -2.09. The van der Waals surface area contributed by atoms with Crippen LogP contribution in [-0.2, 0) is 6.54 Å². The molecule has 0 unspecified atom stereocenters. The summed E-state index contributed by atoms with van der Waals surface area (Å²) in [7, 11) is 0. The van der Waals surface area contributed by atoms with E-state index >= 15 is 0 Å². The number of hydrogen-bond acceptors (Lipinski definition) is 3. The summed E-state index contributed by atoms with van der Waals surface area (Å²) in [6.45, 7) is 7.53. The summed E-state index contributed by atoms with van der Waals surface area (Å²) in [5, 5.41) is 3.94. The van der Waals surface area contributed by atoms with Gasteiger partial charge in [-0.15, -0.1) is 0 Å². The molecule has 3 rings (SSSR count). The molecule has 0 saturated heterocycles. The highest BCUT2D eigenvalue weighted by atomic mass is 19.1. The van der Waals surface area contributed by atoms with Gasteiger partial charge in [-0.3, -0.25) is 4.79 Å². The van der Waals surface area contributed by atoms with Gasteiger partial charge in [-0.05, 0) is 31.5 Å². The number of rotatable bonds is 4. The van der Waals surface area contributed by atoms with Crippen LogP contribution in [-0.4, -0.2) is 9.72 Å². The quantitative estimate of drug-likeness (QED) is 0.730. The Balaban J connectivity index is 2.00. The summed E-state index contributed by atoms with van der Waals surface area (Å²) >= 11 is 0. The van der Waals surface area contributed by atoms with Crippen LogP contribution >= 0.6 is 0 Å². The van der Waals surface area contributed by atoms with Crippen LogP contribution in [0, 0.1) is 19.7 Å². The molecule has 0 amide bonds. The summed E-state index contributed by atoms with van der Waals surface area (Å²) in [4.78, 5) is 12.1. The Morgan fingerprint density at radius 2 is 2.08 bits per heavy atom. The maximum Gasteiger partial charge on any atom is 0.250 e. The molecule has 0 aliphatic heterocycles. The van der Waals surface area contributed by atoms with E-state index in [1.54, 1.807) is 29.0 Å². The number of nitrogens with zero attached hydrogens (tertiary/aromatic N) is 2. The zero-order valence-corrected chi connectivity index (χ0v) is 13.5. The van der Waals surface area contributed by atoms with Gasteiger partial charge in [-0.1, -0.05) is 29.9 Å². The zero-order chi connectivity index (χ0) is 17.3. The van der Waals surface area contributed by atoms with Crippen LogP contribution in [0.5, 0.6) is 0 Å². The molecule has 24 heavy (non-hydrogen) atoms. The Bertz CT molecular complexity index is 950. The van der Waals surface area contributed by atoms with Crippen LogP contribution in [0.15, 0.2) is 52.4 Å². The van der Waals surface area contributed by atoms with Crippen LogP contribution in [0.25, 0.3) is 17.2 Å². The van der Waals surface area contributed by atoms with E-state index in [1.165, 1.54) is 18.2 Å². The molecule has 0 saturated carbocycles. The van der Waals surface area contributed by atoms with Crippen molar-refractivity contribution >= 4 is 6.08 Å². The molecule has 0 spiro atoms. The summed E-state index contributed by atoms with van der Waals surface area (Å²) in [6, 6.07) is 8.10. The fourth-order valence-corrected chi connectivity index (χ4v) is 2.73. The third-order valence-corrected chi connectivity index (χ3v) is 3.94. The van der Waals surface area contributed by atoms with E-state index < -0.39 is 0 Å². The Hall–Kier alpha value is -2.95. The molecule has 5 heteroatoms. The van der Waals surface area contributed by atoms with Gasteiger partial charge in [-0.25, -0.2) is 4.39 Å². The van der Waals surface area contributed by atoms with E-state index in [-0.39, 0.29) is 17.9 Å². The largest absolute Gasteiger partial charge is 0.361 e. The van der Waals surface area contributed by atoms with Gasteiger partial charge in [0, 0.05) is 29.0 Å². The van der Waals surface area contributed by atoms with Crippen molar-refractivity contribution in [3.05, 3.63) is 81.9 Å². The maximum absolute atomic E-state index is 13.9. The van der Waals surface area contributed by atoms with E-state index in [4.69, 9.17) is 4.52 Å². The van der Waals surface area contributed by atoms with Gasteiger partial charge in [0.2, 0.25) is 0 Å². The summed E-state index contributed by atoms with van der Waals surface area (Å²) in [5.41, 5.74) is 3.47. The predicted octanol–water partition coefficient (Wildman–Crippen LogP) is 3.95. The molecular weight excluding hydrogens is 307 g/mol. The fraction of sp³-hybridized carbons (Fsp3) is 0.158. The van der Waals surface area contributed by atoms with Crippen molar-refractivity contribution in [2.45, 2.75) is 20.4 Å². The van der Waals surface area contributed by atoms with Crippen LogP contribution in [0.2, 0.25) is 0 Å². The number of pyridine rings is 1. The van der Waals surface area contributed by atoms with Crippen molar-refractivity contribution in [1.29, 1.82) is 0 Å². The Morgan fingerprint density at radius 1 is 1.29 bits per heavy atom. The molecule has 3 aromatic rings. The number of aromatic nitrogens is 2. The molecule has 4 nitrogen and oxygen atoms in total. The summed E-state index contributed by atoms with van der Waals surface area (Å²) in [6.07, 6.45) is 3.21. The molecule has 0 aliphatic rings. The van der Waals surface area contributed by atoms with Gasteiger partial charge in [0.25, 0.3) is 5.56 Å². The third kappa shape index (κ3) is 2.93. The van der Waals surface area contributed by atoms with E-state index in [0.29, 0.717) is 16.9 Å². The average molecular weight is 324 g/mol. The Kier molecular flexibility index (Phi) is 4.16. The lowest BCUT2D eigenvalue weighted by atomic mass is 10.1. The van der Waals surface area contributed by atoms with Crippen molar-refractivity contribution < 1.29 is 8.91 Å². The Morgan fingerprint density at radius 3 is 2.71 bits per heavy atom. The van der Waals surface area contributed by atoms with Gasteiger partial charge in [-0.2, -0.15) is 0 Å². The number of aryl methyl sites for hydroxylation is 2. The monoisotopic (exact) mass is 324 g/mol. The zero-order valence-electron chi connectivity index (χ0n) is 13.5. The SMILES string of the molecule is C=Cc1ccc(Cn2cc(-c3c(C)noc3C)ccc2=O)cc1F. The maximum atomic E-state index is 13.9.